The van der Waals surface area contributed by atoms with Crippen molar-refractivity contribution in [3.63, 3.8) is 0 Å². The predicted molar refractivity (Wildman–Crippen MR) is 151 cm³/mol. The predicted octanol–water partition coefficient (Wildman–Crippen LogP) is 5.02. The maximum absolute atomic E-state index is 13.9. The Morgan fingerprint density at radius 2 is 1.54 bits per heavy atom. The molecular formula is C31H48N4O4. The summed E-state index contributed by atoms with van der Waals surface area (Å²) in [6.45, 7) is 12.2. The summed E-state index contributed by atoms with van der Waals surface area (Å²) in [5.41, 5.74) is 0.804. The van der Waals surface area contributed by atoms with Crippen molar-refractivity contribution in [1.29, 1.82) is 0 Å². The van der Waals surface area contributed by atoms with Gasteiger partial charge >= 0.3 is 12.1 Å². The summed E-state index contributed by atoms with van der Waals surface area (Å²) in [4.78, 5) is 35.3. The van der Waals surface area contributed by atoms with E-state index in [0.29, 0.717) is 0 Å². The number of nitrogens with zero attached hydrogens (tertiary/aromatic N) is 4. The van der Waals surface area contributed by atoms with Crippen LogP contribution in [-0.2, 0) is 4.74 Å². The molecule has 0 radical (unpaired) electrons. The average Bonchev–Trinajstić information content (AvgIpc) is 3.26. The summed E-state index contributed by atoms with van der Waals surface area (Å²) in [7, 11) is 0. The summed E-state index contributed by atoms with van der Waals surface area (Å²) >= 11 is 0. The molecule has 1 N–H and O–H groups in total. The molecule has 0 bridgehead atoms. The molecule has 5 rings (SSSR count). The molecule has 0 aromatic heterocycles. The van der Waals surface area contributed by atoms with Gasteiger partial charge in [0.25, 0.3) is 0 Å². The molecule has 8 nitrogen and oxygen atoms in total. The lowest BCUT2D eigenvalue weighted by atomic mass is 9.85. The van der Waals surface area contributed by atoms with Gasteiger partial charge in [0.1, 0.15) is 5.60 Å². The van der Waals surface area contributed by atoms with E-state index in [1.54, 1.807) is 0 Å². The third kappa shape index (κ3) is 6.22. The number of aliphatic hydroxyl groups excluding tert-OH is 1. The molecule has 3 heterocycles. The lowest BCUT2D eigenvalue weighted by Gasteiger charge is -2.50. The highest BCUT2D eigenvalue weighted by Gasteiger charge is 2.47. The minimum Gasteiger partial charge on any atom is -0.444 e. The highest BCUT2D eigenvalue weighted by Crippen LogP contribution is 2.39. The van der Waals surface area contributed by atoms with Crippen molar-refractivity contribution in [2.24, 2.45) is 0 Å². The molecule has 4 fully saturated rings. The summed E-state index contributed by atoms with van der Waals surface area (Å²) < 4.78 is 5.60. The van der Waals surface area contributed by atoms with Crippen LogP contribution in [-0.4, -0.2) is 98.9 Å². The molecule has 8 heteroatoms. The number of hydrogen-bond acceptors (Lipinski definition) is 5. The highest BCUT2D eigenvalue weighted by molar-refractivity contribution is 5.78. The van der Waals surface area contributed by atoms with Gasteiger partial charge in [-0.1, -0.05) is 30.3 Å². The lowest BCUT2D eigenvalue weighted by Crippen LogP contribution is -2.58. The highest BCUT2D eigenvalue weighted by atomic mass is 16.6. The van der Waals surface area contributed by atoms with Gasteiger partial charge in [-0.05, 0) is 84.6 Å². The molecule has 1 aromatic rings. The quantitative estimate of drug-likeness (QED) is 0.580. The SMILES string of the molecule is CC(C)(C)OC(=O)N1CCC(C)(N2CCC(N3C(=O)N(C4CCC(O)CC4)C[C@H]3c3ccccc3)CC2)CC1. The Hall–Kier alpha value is -2.32. The Balaban J connectivity index is 1.22. The van der Waals surface area contributed by atoms with Crippen LogP contribution in [0.3, 0.4) is 0 Å². The molecule has 1 aliphatic carbocycles. The van der Waals surface area contributed by atoms with Crippen LogP contribution in [0.15, 0.2) is 30.3 Å². The van der Waals surface area contributed by atoms with Crippen molar-refractivity contribution in [2.45, 2.75) is 114 Å². The van der Waals surface area contributed by atoms with E-state index in [1.807, 2.05) is 31.7 Å². The first kappa shape index (κ1) is 28.2. The largest absolute Gasteiger partial charge is 0.444 e. The number of amides is 3. The number of piperidine rings is 2. The maximum atomic E-state index is 13.9. The van der Waals surface area contributed by atoms with Crippen LogP contribution >= 0.6 is 0 Å². The van der Waals surface area contributed by atoms with Crippen LogP contribution in [0.25, 0.3) is 0 Å². The Morgan fingerprint density at radius 1 is 0.923 bits per heavy atom. The van der Waals surface area contributed by atoms with E-state index in [4.69, 9.17) is 4.74 Å². The summed E-state index contributed by atoms with van der Waals surface area (Å²) in [6, 6.07) is 11.2. The lowest BCUT2D eigenvalue weighted by molar-refractivity contribution is -0.0135. The van der Waals surface area contributed by atoms with Crippen LogP contribution in [0.4, 0.5) is 9.59 Å². The number of likely N-dealkylation sites (tertiary alicyclic amines) is 2. The summed E-state index contributed by atoms with van der Waals surface area (Å²) in [5.74, 6) is 0. The minimum atomic E-state index is -0.474. The van der Waals surface area contributed by atoms with Gasteiger partial charge in [0.05, 0.1) is 12.1 Å². The third-order valence-electron chi connectivity index (χ3n) is 9.58. The standard InChI is InChI=1S/C31H48N4O4/c1-30(2,3)39-29(38)32-20-16-31(4,17-21-32)33-18-14-25(15-19-33)35-27(23-8-6-5-7-9-23)22-34(28(35)37)24-10-12-26(36)13-11-24/h5-9,24-27,36H,10-22H2,1-4H3/t24?,26?,27-/m0/s1. The molecule has 39 heavy (non-hydrogen) atoms. The van der Waals surface area contributed by atoms with Gasteiger partial charge in [-0.2, -0.15) is 0 Å². The number of urea groups is 1. The van der Waals surface area contributed by atoms with Gasteiger partial charge in [-0.25, -0.2) is 9.59 Å². The minimum absolute atomic E-state index is 0.0618. The number of hydrogen-bond donors (Lipinski definition) is 1. The molecule has 1 saturated carbocycles. The van der Waals surface area contributed by atoms with Gasteiger partial charge in [0, 0.05) is 50.3 Å². The van der Waals surface area contributed by atoms with Crippen LogP contribution < -0.4 is 0 Å². The topological polar surface area (TPSA) is 76.6 Å². The molecule has 3 amide bonds. The second-order valence-electron chi connectivity index (χ2n) is 13.4. The number of ether oxygens (including phenoxy) is 1. The molecule has 0 spiro atoms. The molecule has 1 atom stereocenters. The number of carbonyl (C=O) groups excluding carboxylic acids is 2. The van der Waals surface area contributed by atoms with Crippen LogP contribution in [0, 0.1) is 0 Å². The van der Waals surface area contributed by atoms with E-state index in [0.717, 1.165) is 84.1 Å². The van der Waals surface area contributed by atoms with E-state index in [9.17, 15) is 14.7 Å². The van der Waals surface area contributed by atoms with Crippen molar-refractivity contribution in [1.82, 2.24) is 19.6 Å². The van der Waals surface area contributed by atoms with E-state index >= 15 is 0 Å². The van der Waals surface area contributed by atoms with E-state index in [1.165, 1.54) is 5.56 Å². The van der Waals surface area contributed by atoms with Crippen LogP contribution in [0.5, 0.6) is 0 Å². The Bertz CT molecular complexity index is 988. The third-order valence-corrected chi connectivity index (χ3v) is 9.58. The molecule has 3 saturated heterocycles. The van der Waals surface area contributed by atoms with Gasteiger partial charge in [-0.15, -0.1) is 0 Å². The summed E-state index contributed by atoms with van der Waals surface area (Å²) in [6.07, 6.45) is 6.73. The van der Waals surface area contributed by atoms with Gasteiger partial charge in [0.2, 0.25) is 0 Å². The van der Waals surface area contributed by atoms with Gasteiger partial charge in [0.15, 0.2) is 0 Å². The fourth-order valence-electron chi connectivity index (χ4n) is 7.16. The normalized spacial score (nSPS) is 29.1. The van der Waals surface area contributed by atoms with Gasteiger partial charge < -0.3 is 24.5 Å². The Labute approximate surface area is 234 Å². The van der Waals surface area contributed by atoms with Gasteiger partial charge in [-0.3, -0.25) is 4.90 Å². The first-order valence-electron chi connectivity index (χ1n) is 15.1. The smallest absolute Gasteiger partial charge is 0.410 e. The zero-order valence-electron chi connectivity index (χ0n) is 24.3. The van der Waals surface area contributed by atoms with E-state index in [-0.39, 0.29) is 41.9 Å². The fourth-order valence-corrected chi connectivity index (χ4v) is 7.16. The zero-order chi connectivity index (χ0) is 27.8. The van der Waals surface area contributed by atoms with E-state index < -0.39 is 5.60 Å². The Morgan fingerprint density at radius 3 is 2.13 bits per heavy atom. The van der Waals surface area contributed by atoms with Crippen molar-refractivity contribution in [3.8, 4) is 0 Å². The van der Waals surface area contributed by atoms with Crippen LogP contribution in [0.1, 0.15) is 90.7 Å². The molecule has 4 aliphatic rings. The average molecular weight is 541 g/mol. The Kier molecular flexibility index (Phi) is 8.16. The van der Waals surface area contributed by atoms with Crippen molar-refractivity contribution >= 4 is 12.1 Å². The molecule has 1 aromatic carbocycles. The van der Waals surface area contributed by atoms with Crippen LogP contribution in [0.2, 0.25) is 0 Å². The fraction of sp³-hybridized carbons (Fsp3) is 0.742. The maximum Gasteiger partial charge on any atom is 0.410 e. The number of rotatable bonds is 4. The second kappa shape index (κ2) is 11.3. The number of benzene rings is 1. The van der Waals surface area contributed by atoms with Crippen molar-refractivity contribution < 1.29 is 19.4 Å². The zero-order valence-corrected chi connectivity index (χ0v) is 24.3. The molecule has 0 unspecified atom stereocenters. The van der Waals surface area contributed by atoms with Crippen molar-refractivity contribution in [3.05, 3.63) is 35.9 Å². The van der Waals surface area contributed by atoms with E-state index in [2.05, 4.69) is 45.9 Å². The summed E-state index contributed by atoms with van der Waals surface area (Å²) in [5, 5.41) is 10.0. The molecule has 3 aliphatic heterocycles. The number of aliphatic hydroxyl groups is 1. The molecule has 216 valence electrons. The monoisotopic (exact) mass is 540 g/mol. The second-order valence-corrected chi connectivity index (χ2v) is 13.4. The first-order chi connectivity index (χ1) is 18.5. The number of carbonyl (C=O) groups is 2. The van der Waals surface area contributed by atoms with Crippen molar-refractivity contribution in [2.75, 3.05) is 32.7 Å². The first-order valence-corrected chi connectivity index (χ1v) is 15.1. The molecular weight excluding hydrogens is 492 g/mol.